The zero-order valence-electron chi connectivity index (χ0n) is 22.5. The molecule has 1 atom stereocenters. The summed E-state index contributed by atoms with van der Waals surface area (Å²) in [4.78, 5) is 43.4. The number of rotatable bonds is 2. The Hall–Kier alpha value is -4.65. The smallest absolute Gasteiger partial charge is 0.231 e. The van der Waals surface area contributed by atoms with Crippen molar-refractivity contribution in [1.29, 1.82) is 0 Å². The monoisotopic (exact) mass is 532 g/mol. The summed E-state index contributed by atoms with van der Waals surface area (Å²) in [5.74, 6) is 0.660. The second-order valence-corrected chi connectivity index (χ2v) is 11.5. The second-order valence-electron chi connectivity index (χ2n) is 11.5. The first-order valence-corrected chi connectivity index (χ1v) is 13.4. The van der Waals surface area contributed by atoms with Crippen LogP contribution in [0.1, 0.15) is 65.9 Å². The van der Waals surface area contributed by atoms with Crippen molar-refractivity contribution in [2.75, 3.05) is 17.0 Å². The van der Waals surface area contributed by atoms with Crippen LogP contribution < -0.4 is 19.7 Å². The molecule has 3 aromatic carbocycles. The van der Waals surface area contributed by atoms with E-state index in [1.807, 2.05) is 47.4 Å². The van der Waals surface area contributed by atoms with Crippen LogP contribution in [0, 0.1) is 5.41 Å². The van der Waals surface area contributed by atoms with E-state index in [0.717, 1.165) is 22.6 Å². The van der Waals surface area contributed by atoms with E-state index in [-0.39, 0.29) is 35.1 Å². The molecule has 200 valence electrons. The van der Waals surface area contributed by atoms with Crippen LogP contribution in [0.15, 0.2) is 89.3 Å². The number of allylic oxidation sites excluding steroid dienone is 3. The maximum atomic E-state index is 14.0. The summed E-state index contributed by atoms with van der Waals surface area (Å²) >= 11 is 0. The summed E-state index contributed by atoms with van der Waals surface area (Å²) in [6, 6.07) is 19.8. The molecule has 0 bridgehead atoms. The predicted molar refractivity (Wildman–Crippen MR) is 151 cm³/mol. The third-order valence-electron chi connectivity index (χ3n) is 8.21. The molecular formula is C33H28N2O5. The van der Waals surface area contributed by atoms with Crippen molar-refractivity contribution in [2.24, 2.45) is 5.41 Å². The highest BCUT2D eigenvalue weighted by Gasteiger charge is 2.44. The number of nitrogens with one attached hydrogen (secondary N) is 1. The molecule has 0 amide bonds. The fourth-order valence-corrected chi connectivity index (χ4v) is 6.46. The summed E-state index contributed by atoms with van der Waals surface area (Å²) in [6.07, 6.45) is 1.06. The van der Waals surface area contributed by atoms with Crippen LogP contribution in [0.25, 0.3) is 0 Å². The van der Waals surface area contributed by atoms with Crippen LogP contribution in [0.4, 0.5) is 11.4 Å². The Morgan fingerprint density at radius 1 is 0.875 bits per heavy atom. The average molecular weight is 533 g/mol. The Morgan fingerprint density at radius 2 is 1.55 bits per heavy atom. The van der Waals surface area contributed by atoms with Gasteiger partial charge in [0.1, 0.15) is 0 Å². The SMILES string of the molecule is CC(=C1C(=O)c2ccccc2C1=O)N1c2ccccc2NC2=C(C(=O)CC(C)(C)C2)C1c1ccc2c(c1)OCO2. The lowest BCUT2D eigenvalue weighted by Gasteiger charge is -2.38. The average Bonchev–Trinajstić information content (AvgIpc) is 3.45. The van der Waals surface area contributed by atoms with Gasteiger partial charge in [0, 0.05) is 34.5 Å². The Balaban J connectivity index is 1.52. The van der Waals surface area contributed by atoms with Gasteiger partial charge in [0.25, 0.3) is 0 Å². The van der Waals surface area contributed by atoms with Crippen LogP contribution in [-0.4, -0.2) is 24.1 Å². The maximum Gasteiger partial charge on any atom is 0.231 e. The number of para-hydroxylation sites is 2. The van der Waals surface area contributed by atoms with Crippen molar-refractivity contribution in [2.45, 2.75) is 39.7 Å². The Bertz CT molecular complexity index is 1680. The van der Waals surface area contributed by atoms with E-state index in [9.17, 15) is 14.4 Å². The third kappa shape index (κ3) is 3.61. The van der Waals surface area contributed by atoms with Gasteiger partial charge in [-0.15, -0.1) is 0 Å². The third-order valence-corrected chi connectivity index (χ3v) is 8.21. The number of nitrogens with zero attached hydrogens (tertiary/aromatic N) is 1. The molecule has 7 heteroatoms. The Kier molecular flexibility index (Phi) is 5.29. The van der Waals surface area contributed by atoms with Gasteiger partial charge in [0.15, 0.2) is 28.8 Å². The number of benzene rings is 3. The molecule has 0 saturated heterocycles. The number of fused-ring (bicyclic) bond motifs is 3. The van der Waals surface area contributed by atoms with Gasteiger partial charge in [-0.3, -0.25) is 14.4 Å². The lowest BCUT2D eigenvalue weighted by Crippen LogP contribution is -2.36. The molecule has 0 saturated carbocycles. The molecule has 0 fully saturated rings. The summed E-state index contributed by atoms with van der Waals surface area (Å²) in [5.41, 5.74) is 5.05. The summed E-state index contributed by atoms with van der Waals surface area (Å²) < 4.78 is 11.3. The van der Waals surface area contributed by atoms with Gasteiger partial charge in [-0.05, 0) is 48.6 Å². The van der Waals surface area contributed by atoms with Crippen LogP contribution >= 0.6 is 0 Å². The molecule has 2 aliphatic heterocycles. The van der Waals surface area contributed by atoms with Gasteiger partial charge in [0.05, 0.1) is 23.0 Å². The highest BCUT2D eigenvalue weighted by atomic mass is 16.7. The van der Waals surface area contributed by atoms with Gasteiger partial charge in [-0.25, -0.2) is 0 Å². The quantitative estimate of drug-likeness (QED) is 0.303. The van der Waals surface area contributed by atoms with Gasteiger partial charge < -0.3 is 19.7 Å². The Labute approximate surface area is 232 Å². The molecule has 40 heavy (non-hydrogen) atoms. The van der Waals surface area contributed by atoms with E-state index < -0.39 is 6.04 Å². The molecule has 4 aliphatic rings. The second kappa shape index (κ2) is 8.68. The number of Topliss-reactive ketones (excluding diaryl/α,β-unsaturated/α-hetero) is 3. The van der Waals surface area contributed by atoms with E-state index in [1.165, 1.54) is 0 Å². The van der Waals surface area contributed by atoms with Crippen molar-refractivity contribution in [3.63, 3.8) is 0 Å². The van der Waals surface area contributed by atoms with Crippen molar-refractivity contribution in [3.8, 4) is 11.5 Å². The van der Waals surface area contributed by atoms with Crippen LogP contribution in [0.3, 0.4) is 0 Å². The largest absolute Gasteiger partial charge is 0.454 e. The van der Waals surface area contributed by atoms with E-state index >= 15 is 0 Å². The molecule has 7 rings (SSSR count). The number of ether oxygens (including phenoxy) is 2. The summed E-state index contributed by atoms with van der Waals surface area (Å²) in [5, 5.41) is 3.58. The molecule has 0 radical (unpaired) electrons. The number of carbonyl (C=O) groups is 3. The molecular weight excluding hydrogens is 504 g/mol. The topological polar surface area (TPSA) is 84.9 Å². The molecule has 1 unspecified atom stereocenters. The summed E-state index contributed by atoms with van der Waals surface area (Å²) in [7, 11) is 0. The fourth-order valence-electron chi connectivity index (χ4n) is 6.46. The molecule has 0 aromatic heterocycles. The molecule has 0 spiro atoms. The minimum atomic E-state index is -0.610. The number of hydrogen-bond donors (Lipinski definition) is 1. The first kappa shape index (κ1) is 24.4. The normalized spacial score (nSPS) is 20.6. The van der Waals surface area contributed by atoms with Gasteiger partial charge in [0.2, 0.25) is 6.79 Å². The number of ketones is 3. The fraction of sp³-hybridized carbons (Fsp3) is 0.242. The number of hydrogen-bond acceptors (Lipinski definition) is 7. The molecule has 3 aromatic rings. The summed E-state index contributed by atoms with van der Waals surface area (Å²) in [6.45, 7) is 6.13. The van der Waals surface area contributed by atoms with E-state index in [4.69, 9.17) is 9.47 Å². The highest BCUT2D eigenvalue weighted by Crippen LogP contribution is 2.51. The predicted octanol–water partition coefficient (Wildman–Crippen LogP) is 6.38. The minimum Gasteiger partial charge on any atom is -0.454 e. The van der Waals surface area contributed by atoms with Crippen LogP contribution in [-0.2, 0) is 4.79 Å². The maximum absolute atomic E-state index is 14.0. The standard InChI is InChI=1S/C33H28N2O5/c1-18(28-31(37)20-8-4-5-9-21(20)32(28)38)35-24-11-7-6-10-22(24)34-23-15-33(2,3)16-25(36)29(23)30(35)19-12-13-26-27(14-19)40-17-39-26/h4-14,30,34H,15-17H2,1-3H3. The van der Waals surface area contributed by atoms with Crippen LogP contribution in [0.5, 0.6) is 11.5 Å². The van der Waals surface area contributed by atoms with E-state index in [1.54, 1.807) is 31.2 Å². The van der Waals surface area contributed by atoms with Crippen molar-refractivity contribution < 1.29 is 23.9 Å². The first-order chi connectivity index (χ1) is 19.2. The zero-order chi connectivity index (χ0) is 27.8. The first-order valence-electron chi connectivity index (χ1n) is 13.4. The molecule has 1 N–H and O–H groups in total. The molecule has 7 nitrogen and oxygen atoms in total. The molecule has 2 heterocycles. The van der Waals surface area contributed by atoms with Gasteiger partial charge in [-0.1, -0.05) is 56.3 Å². The van der Waals surface area contributed by atoms with Crippen LogP contribution in [0.2, 0.25) is 0 Å². The van der Waals surface area contributed by atoms with Gasteiger partial charge in [-0.2, -0.15) is 0 Å². The molecule has 2 aliphatic carbocycles. The van der Waals surface area contributed by atoms with E-state index in [0.29, 0.717) is 46.7 Å². The number of anilines is 2. The minimum absolute atomic E-state index is 0.0318. The lowest BCUT2D eigenvalue weighted by atomic mass is 9.73. The van der Waals surface area contributed by atoms with Crippen molar-refractivity contribution in [3.05, 3.63) is 106 Å². The lowest BCUT2D eigenvalue weighted by molar-refractivity contribution is -0.118. The number of carbonyl (C=O) groups excluding carboxylic acids is 3. The highest BCUT2D eigenvalue weighted by molar-refractivity contribution is 6.40. The Morgan fingerprint density at radius 3 is 2.30 bits per heavy atom. The van der Waals surface area contributed by atoms with Gasteiger partial charge >= 0.3 is 0 Å². The van der Waals surface area contributed by atoms with Crippen molar-refractivity contribution in [1.82, 2.24) is 0 Å². The van der Waals surface area contributed by atoms with E-state index in [2.05, 4.69) is 19.2 Å². The zero-order valence-corrected chi connectivity index (χ0v) is 22.5. The van der Waals surface area contributed by atoms with Crippen molar-refractivity contribution >= 4 is 28.7 Å².